The van der Waals surface area contributed by atoms with Gasteiger partial charge in [-0.2, -0.15) is 0 Å². The lowest BCUT2D eigenvalue weighted by molar-refractivity contribution is 0.273. The van der Waals surface area contributed by atoms with E-state index >= 15 is 0 Å². The minimum absolute atomic E-state index is 0.580. The van der Waals surface area contributed by atoms with Gasteiger partial charge >= 0.3 is 0 Å². The Labute approximate surface area is 122 Å². The molecular formula is C15H27N5. The molecule has 1 heterocycles. The molecule has 1 aromatic heterocycles. The molecule has 112 valence electrons. The summed E-state index contributed by atoms with van der Waals surface area (Å²) in [6.07, 6.45) is 3.57. The highest BCUT2D eigenvalue weighted by Gasteiger charge is 2.27. The van der Waals surface area contributed by atoms with E-state index in [1.165, 1.54) is 12.8 Å². The fourth-order valence-corrected chi connectivity index (χ4v) is 2.01. The van der Waals surface area contributed by atoms with Crippen molar-refractivity contribution in [1.82, 2.24) is 14.9 Å². The molecular weight excluding hydrogens is 250 g/mol. The minimum atomic E-state index is 0.580. The number of nitrogens with one attached hydrogen (secondary N) is 2. The molecule has 1 aromatic rings. The number of hydrogen-bond donors (Lipinski definition) is 2. The Balaban J connectivity index is 1.84. The van der Waals surface area contributed by atoms with Gasteiger partial charge in [0.05, 0.1) is 0 Å². The van der Waals surface area contributed by atoms with E-state index in [0.717, 1.165) is 37.0 Å². The van der Waals surface area contributed by atoms with Crippen LogP contribution in [0.5, 0.6) is 0 Å². The summed E-state index contributed by atoms with van der Waals surface area (Å²) in [6, 6.07) is 2.59. The van der Waals surface area contributed by atoms with Crippen molar-refractivity contribution in [3.8, 4) is 0 Å². The van der Waals surface area contributed by atoms with Crippen molar-refractivity contribution >= 4 is 11.6 Å². The van der Waals surface area contributed by atoms with E-state index in [1.807, 2.05) is 13.1 Å². The Kier molecular flexibility index (Phi) is 5.17. The largest absolute Gasteiger partial charge is 0.373 e. The molecule has 0 aliphatic heterocycles. The average Bonchev–Trinajstić information content (AvgIpc) is 3.27. The van der Waals surface area contributed by atoms with Crippen molar-refractivity contribution in [3.63, 3.8) is 0 Å². The van der Waals surface area contributed by atoms with Crippen LogP contribution in [0.4, 0.5) is 11.6 Å². The van der Waals surface area contributed by atoms with Crippen molar-refractivity contribution in [1.29, 1.82) is 0 Å². The Morgan fingerprint density at radius 1 is 1.30 bits per heavy atom. The molecule has 0 amide bonds. The third-order valence-corrected chi connectivity index (χ3v) is 3.82. The van der Waals surface area contributed by atoms with Crippen molar-refractivity contribution in [2.24, 2.45) is 0 Å². The van der Waals surface area contributed by atoms with E-state index < -0.39 is 0 Å². The van der Waals surface area contributed by atoms with E-state index in [2.05, 4.69) is 46.4 Å². The van der Waals surface area contributed by atoms with Crippen molar-refractivity contribution in [3.05, 3.63) is 11.9 Å². The summed E-state index contributed by atoms with van der Waals surface area (Å²) in [6.45, 7) is 6.49. The maximum Gasteiger partial charge on any atom is 0.136 e. The molecule has 1 aliphatic rings. The molecule has 20 heavy (non-hydrogen) atoms. The number of rotatable bonds is 8. The van der Waals surface area contributed by atoms with Crippen LogP contribution in [0.15, 0.2) is 6.07 Å². The van der Waals surface area contributed by atoms with Gasteiger partial charge in [0.1, 0.15) is 17.5 Å². The standard InChI is InChI=1S/C15H27N5/c1-11(2)20(4)9-5-8-17-14-10-13(16-3)18-15(19-14)12-6-7-12/h10-12H,5-9H2,1-4H3,(H2,16,17,18,19). The van der Waals surface area contributed by atoms with Gasteiger partial charge in [0, 0.05) is 31.6 Å². The van der Waals surface area contributed by atoms with Gasteiger partial charge in [-0.25, -0.2) is 9.97 Å². The summed E-state index contributed by atoms with van der Waals surface area (Å²) >= 11 is 0. The second-order valence-corrected chi connectivity index (χ2v) is 5.88. The molecule has 0 radical (unpaired) electrons. The van der Waals surface area contributed by atoms with Gasteiger partial charge < -0.3 is 15.5 Å². The Morgan fingerprint density at radius 3 is 2.60 bits per heavy atom. The minimum Gasteiger partial charge on any atom is -0.373 e. The monoisotopic (exact) mass is 277 g/mol. The van der Waals surface area contributed by atoms with E-state index in [9.17, 15) is 0 Å². The molecule has 0 saturated heterocycles. The zero-order valence-corrected chi connectivity index (χ0v) is 13.1. The first kappa shape index (κ1) is 15.0. The third kappa shape index (κ3) is 4.34. The van der Waals surface area contributed by atoms with Crippen LogP contribution in [-0.2, 0) is 0 Å². The van der Waals surface area contributed by atoms with Gasteiger partial charge in [-0.3, -0.25) is 0 Å². The van der Waals surface area contributed by atoms with Gasteiger partial charge in [0.25, 0.3) is 0 Å². The summed E-state index contributed by atoms with van der Waals surface area (Å²) < 4.78 is 0. The van der Waals surface area contributed by atoms with Gasteiger partial charge in [0.2, 0.25) is 0 Å². The second kappa shape index (κ2) is 6.88. The highest BCUT2D eigenvalue weighted by molar-refractivity contribution is 5.47. The molecule has 5 nitrogen and oxygen atoms in total. The zero-order valence-electron chi connectivity index (χ0n) is 13.1. The van der Waals surface area contributed by atoms with Crippen LogP contribution in [0.2, 0.25) is 0 Å². The zero-order chi connectivity index (χ0) is 14.5. The highest BCUT2D eigenvalue weighted by atomic mass is 15.1. The number of aromatic nitrogens is 2. The molecule has 0 spiro atoms. The molecule has 0 atom stereocenters. The number of anilines is 2. The normalized spacial score (nSPS) is 14.9. The summed E-state index contributed by atoms with van der Waals surface area (Å²) in [7, 11) is 4.07. The lowest BCUT2D eigenvalue weighted by Gasteiger charge is -2.20. The Hall–Kier alpha value is -1.36. The summed E-state index contributed by atoms with van der Waals surface area (Å²) in [5.41, 5.74) is 0. The van der Waals surface area contributed by atoms with E-state index in [-0.39, 0.29) is 0 Å². The molecule has 1 aliphatic carbocycles. The molecule has 2 rings (SSSR count). The Bertz CT molecular complexity index is 428. The summed E-state index contributed by atoms with van der Waals surface area (Å²) in [4.78, 5) is 11.5. The van der Waals surface area contributed by atoms with Crippen LogP contribution < -0.4 is 10.6 Å². The summed E-state index contributed by atoms with van der Waals surface area (Å²) in [5, 5.41) is 6.53. The molecule has 1 fully saturated rings. The molecule has 1 saturated carbocycles. The summed E-state index contributed by atoms with van der Waals surface area (Å²) in [5.74, 6) is 3.41. The average molecular weight is 277 g/mol. The van der Waals surface area contributed by atoms with Crippen LogP contribution in [-0.4, -0.2) is 48.1 Å². The van der Waals surface area contributed by atoms with Crippen molar-refractivity contribution in [2.75, 3.05) is 37.8 Å². The first-order valence-electron chi connectivity index (χ1n) is 7.61. The quantitative estimate of drug-likeness (QED) is 0.715. The molecule has 0 bridgehead atoms. The first-order valence-corrected chi connectivity index (χ1v) is 7.61. The number of hydrogen-bond acceptors (Lipinski definition) is 5. The highest BCUT2D eigenvalue weighted by Crippen LogP contribution is 2.38. The maximum atomic E-state index is 4.62. The second-order valence-electron chi connectivity index (χ2n) is 5.88. The smallest absolute Gasteiger partial charge is 0.136 e. The topological polar surface area (TPSA) is 53.1 Å². The molecule has 0 aromatic carbocycles. The molecule has 5 heteroatoms. The van der Waals surface area contributed by atoms with E-state index in [0.29, 0.717) is 12.0 Å². The Morgan fingerprint density at radius 2 is 2.00 bits per heavy atom. The van der Waals surface area contributed by atoms with Crippen LogP contribution in [0.25, 0.3) is 0 Å². The van der Waals surface area contributed by atoms with Gasteiger partial charge in [-0.05, 0) is 46.7 Å². The van der Waals surface area contributed by atoms with Gasteiger partial charge in [-0.1, -0.05) is 0 Å². The van der Waals surface area contributed by atoms with E-state index in [4.69, 9.17) is 0 Å². The lowest BCUT2D eigenvalue weighted by atomic mass is 10.3. The predicted octanol–water partition coefficient (Wildman–Crippen LogP) is 2.54. The van der Waals surface area contributed by atoms with Crippen LogP contribution >= 0.6 is 0 Å². The SMILES string of the molecule is CNc1cc(NCCCN(C)C(C)C)nc(C2CC2)n1. The van der Waals surface area contributed by atoms with Crippen molar-refractivity contribution < 1.29 is 0 Å². The van der Waals surface area contributed by atoms with Crippen LogP contribution in [0.3, 0.4) is 0 Å². The van der Waals surface area contributed by atoms with E-state index in [1.54, 1.807) is 0 Å². The fourth-order valence-electron chi connectivity index (χ4n) is 2.01. The first-order chi connectivity index (χ1) is 9.60. The predicted molar refractivity (Wildman–Crippen MR) is 84.4 cm³/mol. The molecule has 2 N–H and O–H groups in total. The van der Waals surface area contributed by atoms with Gasteiger partial charge in [-0.15, -0.1) is 0 Å². The lowest BCUT2D eigenvalue weighted by Crippen LogP contribution is -2.28. The van der Waals surface area contributed by atoms with Crippen molar-refractivity contribution in [2.45, 2.75) is 45.1 Å². The van der Waals surface area contributed by atoms with Crippen LogP contribution in [0.1, 0.15) is 44.9 Å². The van der Waals surface area contributed by atoms with Gasteiger partial charge in [0.15, 0.2) is 0 Å². The maximum absolute atomic E-state index is 4.62. The fraction of sp³-hybridized carbons (Fsp3) is 0.733. The number of nitrogens with zero attached hydrogens (tertiary/aromatic N) is 3. The molecule has 0 unspecified atom stereocenters. The van der Waals surface area contributed by atoms with Crippen LogP contribution in [0, 0.1) is 0 Å². The third-order valence-electron chi connectivity index (χ3n) is 3.82.